The van der Waals surface area contributed by atoms with Crippen LogP contribution in [0.25, 0.3) is 0 Å². The van der Waals surface area contributed by atoms with Gasteiger partial charge in [0.2, 0.25) is 0 Å². The molecule has 94 valence electrons. The Labute approximate surface area is 123 Å². The molecule has 1 atom stereocenters. The standard InChI is InChI=1S/C16H18IN/c1-3-13-4-6-14(7-5-13)12(2)18-16-10-8-15(17)9-11-16/h4-12,18H,3H2,1-2H3. The van der Waals surface area contributed by atoms with Crippen molar-refractivity contribution >= 4 is 28.3 Å². The average Bonchev–Trinajstić information content (AvgIpc) is 2.41. The van der Waals surface area contributed by atoms with Crippen molar-refractivity contribution in [1.29, 1.82) is 0 Å². The van der Waals surface area contributed by atoms with Crippen molar-refractivity contribution in [3.8, 4) is 0 Å². The highest BCUT2D eigenvalue weighted by atomic mass is 127. The first kappa shape index (κ1) is 13.4. The van der Waals surface area contributed by atoms with E-state index < -0.39 is 0 Å². The van der Waals surface area contributed by atoms with E-state index in [4.69, 9.17) is 0 Å². The number of rotatable bonds is 4. The Balaban J connectivity index is 2.06. The molecule has 0 saturated heterocycles. The van der Waals surface area contributed by atoms with Gasteiger partial charge in [-0.05, 0) is 71.3 Å². The lowest BCUT2D eigenvalue weighted by molar-refractivity contribution is 0.883. The average molecular weight is 351 g/mol. The second-order valence-electron chi connectivity index (χ2n) is 4.47. The maximum Gasteiger partial charge on any atom is 0.0485 e. The fourth-order valence-corrected chi connectivity index (χ4v) is 2.28. The molecule has 0 radical (unpaired) electrons. The van der Waals surface area contributed by atoms with Crippen molar-refractivity contribution in [1.82, 2.24) is 0 Å². The molecule has 2 heteroatoms. The molecule has 2 aromatic carbocycles. The maximum absolute atomic E-state index is 3.52. The van der Waals surface area contributed by atoms with Crippen molar-refractivity contribution in [2.45, 2.75) is 26.3 Å². The Bertz CT molecular complexity index is 488. The molecule has 1 N–H and O–H groups in total. The minimum Gasteiger partial charge on any atom is -0.379 e. The summed E-state index contributed by atoms with van der Waals surface area (Å²) in [5.41, 5.74) is 3.88. The van der Waals surface area contributed by atoms with Crippen LogP contribution in [0.3, 0.4) is 0 Å². The number of aryl methyl sites for hydroxylation is 1. The number of benzene rings is 2. The fourth-order valence-electron chi connectivity index (χ4n) is 1.92. The lowest BCUT2D eigenvalue weighted by Gasteiger charge is -2.16. The van der Waals surface area contributed by atoms with Gasteiger partial charge in [-0.2, -0.15) is 0 Å². The fraction of sp³-hybridized carbons (Fsp3) is 0.250. The van der Waals surface area contributed by atoms with Gasteiger partial charge in [-0.15, -0.1) is 0 Å². The number of halogens is 1. The van der Waals surface area contributed by atoms with E-state index >= 15 is 0 Å². The van der Waals surface area contributed by atoms with Gasteiger partial charge >= 0.3 is 0 Å². The third-order valence-electron chi connectivity index (χ3n) is 3.12. The Morgan fingerprint density at radius 3 is 2.17 bits per heavy atom. The van der Waals surface area contributed by atoms with Crippen LogP contribution in [0.15, 0.2) is 48.5 Å². The SMILES string of the molecule is CCc1ccc(C(C)Nc2ccc(I)cc2)cc1. The van der Waals surface area contributed by atoms with Crippen LogP contribution in [0, 0.1) is 3.57 Å². The molecule has 0 aliphatic rings. The predicted molar refractivity (Wildman–Crippen MR) is 87.0 cm³/mol. The first-order chi connectivity index (χ1) is 8.69. The molecule has 0 heterocycles. The van der Waals surface area contributed by atoms with Crippen LogP contribution in [-0.4, -0.2) is 0 Å². The quantitative estimate of drug-likeness (QED) is 0.762. The van der Waals surface area contributed by atoms with Crippen molar-refractivity contribution < 1.29 is 0 Å². The zero-order valence-electron chi connectivity index (χ0n) is 10.8. The summed E-state index contributed by atoms with van der Waals surface area (Å²) in [6.07, 6.45) is 1.10. The first-order valence-corrected chi connectivity index (χ1v) is 7.38. The van der Waals surface area contributed by atoms with Crippen molar-refractivity contribution in [3.05, 3.63) is 63.2 Å². The molecule has 0 spiro atoms. The van der Waals surface area contributed by atoms with Gasteiger partial charge < -0.3 is 5.32 Å². The van der Waals surface area contributed by atoms with Gasteiger partial charge in [0, 0.05) is 15.3 Å². The van der Waals surface area contributed by atoms with Crippen LogP contribution in [0.2, 0.25) is 0 Å². The minimum atomic E-state index is 0.330. The van der Waals surface area contributed by atoms with Gasteiger partial charge in [0.15, 0.2) is 0 Å². The molecular weight excluding hydrogens is 333 g/mol. The molecule has 0 fully saturated rings. The highest BCUT2D eigenvalue weighted by Crippen LogP contribution is 2.20. The van der Waals surface area contributed by atoms with Gasteiger partial charge in [-0.3, -0.25) is 0 Å². The molecule has 2 aromatic rings. The van der Waals surface area contributed by atoms with Crippen LogP contribution < -0.4 is 5.32 Å². The van der Waals surface area contributed by atoms with Gasteiger partial charge in [0.25, 0.3) is 0 Å². The smallest absolute Gasteiger partial charge is 0.0485 e. The third kappa shape index (κ3) is 3.48. The second-order valence-corrected chi connectivity index (χ2v) is 5.71. The molecule has 0 aromatic heterocycles. The van der Waals surface area contributed by atoms with E-state index in [9.17, 15) is 0 Å². The monoisotopic (exact) mass is 351 g/mol. The summed E-state index contributed by atoms with van der Waals surface area (Å²) in [5.74, 6) is 0. The van der Waals surface area contributed by atoms with E-state index in [0.717, 1.165) is 6.42 Å². The van der Waals surface area contributed by atoms with E-state index in [2.05, 4.69) is 90.3 Å². The normalized spacial score (nSPS) is 12.2. The first-order valence-electron chi connectivity index (χ1n) is 6.30. The van der Waals surface area contributed by atoms with Crippen LogP contribution in [0.4, 0.5) is 5.69 Å². The molecule has 18 heavy (non-hydrogen) atoms. The van der Waals surface area contributed by atoms with Crippen molar-refractivity contribution in [3.63, 3.8) is 0 Å². The molecule has 0 amide bonds. The molecule has 0 bridgehead atoms. The molecule has 0 aliphatic carbocycles. The minimum absolute atomic E-state index is 0.330. The molecule has 1 nitrogen and oxygen atoms in total. The summed E-state index contributed by atoms with van der Waals surface area (Å²) in [5, 5.41) is 3.52. The molecule has 1 unspecified atom stereocenters. The summed E-state index contributed by atoms with van der Waals surface area (Å²) >= 11 is 2.32. The summed E-state index contributed by atoms with van der Waals surface area (Å²) in [6.45, 7) is 4.38. The Kier molecular flexibility index (Phi) is 4.64. The summed E-state index contributed by atoms with van der Waals surface area (Å²) in [6, 6.07) is 17.7. The predicted octanol–water partition coefficient (Wildman–Crippen LogP) is 5.03. The summed E-state index contributed by atoms with van der Waals surface area (Å²) < 4.78 is 1.26. The largest absolute Gasteiger partial charge is 0.379 e. The number of hydrogen-bond acceptors (Lipinski definition) is 1. The Morgan fingerprint density at radius 1 is 1.00 bits per heavy atom. The Morgan fingerprint density at radius 2 is 1.61 bits per heavy atom. The van der Waals surface area contributed by atoms with Gasteiger partial charge in [-0.1, -0.05) is 31.2 Å². The van der Waals surface area contributed by atoms with Crippen LogP contribution in [0.5, 0.6) is 0 Å². The maximum atomic E-state index is 3.52. The van der Waals surface area contributed by atoms with Gasteiger partial charge in [-0.25, -0.2) is 0 Å². The summed E-state index contributed by atoms with van der Waals surface area (Å²) in [7, 11) is 0. The molecule has 2 rings (SSSR count). The van der Waals surface area contributed by atoms with Gasteiger partial charge in [0.1, 0.15) is 0 Å². The highest BCUT2D eigenvalue weighted by molar-refractivity contribution is 14.1. The van der Waals surface area contributed by atoms with E-state index in [0.29, 0.717) is 6.04 Å². The zero-order valence-corrected chi connectivity index (χ0v) is 12.9. The molecule has 0 aliphatic heterocycles. The van der Waals surface area contributed by atoms with Crippen LogP contribution >= 0.6 is 22.6 Å². The number of nitrogens with one attached hydrogen (secondary N) is 1. The van der Waals surface area contributed by atoms with Crippen LogP contribution in [0.1, 0.15) is 31.0 Å². The lowest BCUT2D eigenvalue weighted by Crippen LogP contribution is -2.06. The van der Waals surface area contributed by atoms with E-state index in [1.807, 2.05) is 0 Å². The summed E-state index contributed by atoms with van der Waals surface area (Å²) in [4.78, 5) is 0. The Hall–Kier alpha value is -1.03. The van der Waals surface area contributed by atoms with Crippen LogP contribution in [-0.2, 0) is 6.42 Å². The molecule has 0 saturated carbocycles. The van der Waals surface area contributed by atoms with E-state index in [1.54, 1.807) is 0 Å². The number of anilines is 1. The number of hydrogen-bond donors (Lipinski definition) is 1. The van der Waals surface area contributed by atoms with E-state index in [-0.39, 0.29) is 0 Å². The molecular formula is C16H18IN. The lowest BCUT2D eigenvalue weighted by atomic mass is 10.0. The second kappa shape index (κ2) is 6.23. The van der Waals surface area contributed by atoms with Crippen molar-refractivity contribution in [2.75, 3.05) is 5.32 Å². The van der Waals surface area contributed by atoms with Gasteiger partial charge in [0.05, 0.1) is 0 Å². The topological polar surface area (TPSA) is 12.0 Å². The third-order valence-corrected chi connectivity index (χ3v) is 3.83. The zero-order chi connectivity index (χ0) is 13.0. The van der Waals surface area contributed by atoms with Crippen molar-refractivity contribution in [2.24, 2.45) is 0 Å². The van der Waals surface area contributed by atoms with E-state index in [1.165, 1.54) is 20.4 Å². The highest BCUT2D eigenvalue weighted by Gasteiger charge is 2.04.